The first-order chi connectivity index (χ1) is 16.0. The third-order valence-electron chi connectivity index (χ3n) is 7.06. The van der Waals surface area contributed by atoms with E-state index >= 15 is 0 Å². The van der Waals surface area contributed by atoms with Gasteiger partial charge in [-0.2, -0.15) is 0 Å². The molecule has 1 aliphatic heterocycles. The zero-order valence-electron chi connectivity index (χ0n) is 19.4. The predicted octanol–water partition coefficient (Wildman–Crippen LogP) is 3.73. The number of aryl methyl sites for hydroxylation is 2. The number of anilines is 2. The summed E-state index contributed by atoms with van der Waals surface area (Å²) in [5, 5.41) is 4.05. The maximum Gasteiger partial charge on any atom is 0.263 e. The van der Waals surface area contributed by atoms with Gasteiger partial charge < -0.3 is 20.7 Å². The standard InChI is InChI=1S/C25H31N5O2S/c1-4-15-12-30(13-20(15)32-3)21-10-6-16-11-17(7-9-19(16)29-21)28-24(31)23-22(26)18-8-5-14(2)27-25(18)33-23/h5-6,8,10,15,17,20H,4,7,9,11-13,26H2,1-3H3,(H,28,31)/t15-,17-,20-/m0/s1. The van der Waals surface area contributed by atoms with Crippen LogP contribution in [0.15, 0.2) is 24.3 Å². The summed E-state index contributed by atoms with van der Waals surface area (Å²) in [5.74, 6) is 1.47. The van der Waals surface area contributed by atoms with E-state index in [-0.39, 0.29) is 18.1 Å². The number of aromatic nitrogens is 2. The molecule has 0 bridgehead atoms. The second-order valence-corrected chi connectivity index (χ2v) is 10.2. The fourth-order valence-electron chi connectivity index (χ4n) is 5.10. The summed E-state index contributed by atoms with van der Waals surface area (Å²) in [5.41, 5.74) is 10.1. The number of nitrogens with one attached hydrogen (secondary N) is 1. The topological polar surface area (TPSA) is 93.4 Å². The Hall–Kier alpha value is -2.71. The van der Waals surface area contributed by atoms with E-state index in [0.717, 1.165) is 66.2 Å². The Morgan fingerprint density at radius 3 is 2.88 bits per heavy atom. The molecule has 4 heterocycles. The number of ether oxygens (including phenoxy) is 1. The molecule has 1 fully saturated rings. The molecule has 0 saturated carbocycles. The number of rotatable bonds is 5. The molecule has 2 aliphatic rings. The molecule has 1 saturated heterocycles. The molecule has 33 heavy (non-hydrogen) atoms. The Morgan fingerprint density at radius 2 is 2.12 bits per heavy atom. The molecule has 0 radical (unpaired) electrons. The Labute approximate surface area is 198 Å². The summed E-state index contributed by atoms with van der Waals surface area (Å²) >= 11 is 1.36. The number of hydrogen-bond donors (Lipinski definition) is 2. The van der Waals surface area contributed by atoms with Crippen LogP contribution in [0.3, 0.4) is 0 Å². The minimum atomic E-state index is -0.112. The Bertz CT molecular complexity index is 1180. The molecule has 0 unspecified atom stereocenters. The minimum Gasteiger partial charge on any atom is -0.397 e. The normalized spacial score (nSPS) is 22.5. The molecule has 1 aliphatic carbocycles. The van der Waals surface area contributed by atoms with Crippen LogP contribution >= 0.6 is 11.3 Å². The zero-order chi connectivity index (χ0) is 23.1. The average Bonchev–Trinajstić information content (AvgIpc) is 3.39. The second-order valence-electron chi connectivity index (χ2n) is 9.19. The van der Waals surface area contributed by atoms with Gasteiger partial charge in [-0.3, -0.25) is 4.79 Å². The van der Waals surface area contributed by atoms with Crippen LogP contribution in [0.2, 0.25) is 0 Å². The quantitative estimate of drug-likeness (QED) is 0.596. The molecular weight excluding hydrogens is 434 g/mol. The maximum absolute atomic E-state index is 13.0. The van der Waals surface area contributed by atoms with Gasteiger partial charge in [-0.1, -0.05) is 13.0 Å². The Morgan fingerprint density at radius 1 is 1.27 bits per heavy atom. The second kappa shape index (κ2) is 8.91. The van der Waals surface area contributed by atoms with Crippen molar-refractivity contribution in [1.82, 2.24) is 15.3 Å². The van der Waals surface area contributed by atoms with Gasteiger partial charge >= 0.3 is 0 Å². The first kappa shape index (κ1) is 22.1. The third kappa shape index (κ3) is 4.17. The summed E-state index contributed by atoms with van der Waals surface area (Å²) in [6.07, 6.45) is 3.90. The lowest BCUT2D eigenvalue weighted by Gasteiger charge is -2.26. The van der Waals surface area contributed by atoms with Gasteiger partial charge in [-0.15, -0.1) is 11.3 Å². The van der Waals surface area contributed by atoms with Crippen LogP contribution in [-0.2, 0) is 17.6 Å². The van der Waals surface area contributed by atoms with E-state index in [2.05, 4.69) is 34.3 Å². The smallest absolute Gasteiger partial charge is 0.263 e. The SMILES string of the molecule is CC[C@H]1CN(c2ccc3c(n2)CC[C@H](NC(=O)c2sc4nc(C)ccc4c2N)C3)C[C@@H]1OC. The molecule has 5 rings (SSSR count). The number of thiophene rings is 1. The van der Waals surface area contributed by atoms with Gasteiger partial charge in [0.2, 0.25) is 0 Å². The molecular formula is C25H31N5O2S. The number of carbonyl (C=O) groups is 1. The Kier molecular flexibility index (Phi) is 5.97. The van der Waals surface area contributed by atoms with E-state index in [4.69, 9.17) is 15.5 Å². The fourth-order valence-corrected chi connectivity index (χ4v) is 6.14. The lowest BCUT2D eigenvalue weighted by atomic mass is 9.91. The van der Waals surface area contributed by atoms with E-state index in [1.54, 1.807) is 7.11 Å². The Balaban J connectivity index is 1.27. The number of amides is 1. The van der Waals surface area contributed by atoms with Crippen molar-refractivity contribution in [1.29, 1.82) is 0 Å². The number of nitrogen functional groups attached to an aromatic ring is 1. The minimum absolute atomic E-state index is 0.0751. The van der Waals surface area contributed by atoms with E-state index in [9.17, 15) is 4.79 Å². The van der Waals surface area contributed by atoms with Crippen LogP contribution < -0.4 is 16.0 Å². The highest BCUT2D eigenvalue weighted by Gasteiger charge is 2.33. The molecule has 7 nitrogen and oxygen atoms in total. The van der Waals surface area contributed by atoms with Crippen LogP contribution in [0, 0.1) is 12.8 Å². The average molecular weight is 466 g/mol. The molecule has 174 valence electrons. The molecule has 3 aromatic heterocycles. The van der Waals surface area contributed by atoms with Gasteiger partial charge in [0, 0.05) is 48.9 Å². The highest BCUT2D eigenvalue weighted by molar-refractivity contribution is 7.21. The zero-order valence-corrected chi connectivity index (χ0v) is 20.2. The van der Waals surface area contributed by atoms with Crippen LogP contribution in [0.4, 0.5) is 11.5 Å². The summed E-state index contributed by atoms with van der Waals surface area (Å²) < 4.78 is 5.68. The summed E-state index contributed by atoms with van der Waals surface area (Å²) in [7, 11) is 1.80. The van der Waals surface area contributed by atoms with Crippen molar-refractivity contribution in [3.8, 4) is 0 Å². The summed E-state index contributed by atoms with van der Waals surface area (Å²) in [6.45, 7) is 6.05. The van der Waals surface area contributed by atoms with Gasteiger partial charge in [0.25, 0.3) is 5.91 Å². The lowest BCUT2D eigenvalue weighted by molar-refractivity contribution is 0.0824. The van der Waals surface area contributed by atoms with Gasteiger partial charge in [0.05, 0.1) is 11.8 Å². The van der Waals surface area contributed by atoms with Gasteiger partial charge in [0.1, 0.15) is 15.5 Å². The highest BCUT2D eigenvalue weighted by Crippen LogP contribution is 2.33. The number of methoxy groups -OCH3 is 1. The maximum atomic E-state index is 13.0. The first-order valence-electron chi connectivity index (χ1n) is 11.7. The number of nitrogens with zero attached hydrogens (tertiary/aromatic N) is 3. The van der Waals surface area contributed by atoms with E-state index in [1.807, 2.05) is 19.1 Å². The van der Waals surface area contributed by atoms with Crippen molar-refractivity contribution in [2.45, 2.75) is 51.7 Å². The van der Waals surface area contributed by atoms with Gasteiger partial charge in [-0.25, -0.2) is 9.97 Å². The molecule has 3 N–H and O–H groups in total. The van der Waals surface area contributed by atoms with Crippen LogP contribution in [0.25, 0.3) is 10.2 Å². The molecule has 0 aromatic carbocycles. The molecule has 1 amide bonds. The van der Waals surface area contributed by atoms with E-state index in [0.29, 0.717) is 16.5 Å². The number of pyridine rings is 2. The van der Waals surface area contributed by atoms with E-state index in [1.165, 1.54) is 16.9 Å². The third-order valence-corrected chi connectivity index (χ3v) is 8.17. The number of nitrogens with two attached hydrogens (primary N) is 1. The molecule has 3 atom stereocenters. The van der Waals surface area contributed by atoms with Crippen LogP contribution in [-0.4, -0.2) is 48.2 Å². The summed E-state index contributed by atoms with van der Waals surface area (Å²) in [6, 6.07) is 8.24. The largest absolute Gasteiger partial charge is 0.397 e. The monoisotopic (exact) mass is 465 g/mol. The molecule has 3 aromatic rings. The first-order valence-corrected chi connectivity index (χ1v) is 12.5. The van der Waals surface area contributed by atoms with Crippen LogP contribution in [0.1, 0.15) is 46.4 Å². The summed E-state index contributed by atoms with van der Waals surface area (Å²) in [4.78, 5) is 26.2. The van der Waals surface area contributed by atoms with Crippen molar-refractivity contribution in [2.24, 2.45) is 5.92 Å². The highest BCUT2D eigenvalue weighted by atomic mass is 32.1. The van der Waals surface area contributed by atoms with Crippen molar-refractivity contribution >= 4 is 39.0 Å². The van der Waals surface area contributed by atoms with E-state index < -0.39 is 0 Å². The molecule has 0 spiro atoms. The van der Waals surface area contributed by atoms with Crippen molar-refractivity contribution in [3.63, 3.8) is 0 Å². The number of carbonyl (C=O) groups excluding carboxylic acids is 1. The van der Waals surface area contributed by atoms with Gasteiger partial charge in [0.15, 0.2) is 0 Å². The van der Waals surface area contributed by atoms with Crippen molar-refractivity contribution in [2.75, 3.05) is 30.8 Å². The van der Waals surface area contributed by atoms with Crippen molar-refractivity contribution < 1.29 is 9.53 Å². The van der Waals surface area contributed by atoms with Crippen LogP contribution in [0.5, 0.6) is 0 Å². The van der Waals surface area contributed by atoms with Gasteiger partial charge in [-0.05, 0) is 56.4 Å². The number of fused-ring (bicyclic) bond motifs is 2. The number of hydrogen-bond acceptors (Lipinski definition) is 7. The van der Waals surface area contributed by atoms with Crippen molar-refractivity contribution in [3.05, 3.63) is 46.1 Å². The fraction of sp³-hybridized carbons (Fsp3) is 0.480. The molecule has 8 heteroatoms. The lowest BCUT2D eigenvalue weighted by Crippen LogP contribution is -2.39. The predicted molar refractivity (Wildman–Crippen MR) is 133 cm³/mol.